The van der Waals surface area contributed by atoms with Crippen LogP contribution in [0.25, 0.3) is 11.4 Å². The predicted molar refractivity (Wildman–Crippen MR) is 84.0 cm³/mol. The smallest absolute Gasteiger partial charge is 0.230 e. The molecule has 0 radical (unpaired) electrons. The molecule has 3 rings (SSSR count). The second-order valence-electron chi connectivity index (χ2n) is 4.76. The van der Waals surface area contributed by atoms with E-state index < -0.39 is 0 Å². The number of aromatic nitrogens is 3. The summed E-state index contributed by atoms with van der Waals surface area (Å²) in [6, 6.07) is 7.85. The predicted octanol–water partition coefficient (Wildman–Crippen LogP) is 3.94. The Morgan fingerprint density at radius 2 is 1.75 bits per heavy atom. The molecule has 0 bridgehead atoms. The fourth-order valence-corrected chi connectivity index (χ4v) is 2.96. The highest BCUT2D eigenvalue weighted by atomic mass is 79.9. The summed E-state index contributed by atoms with van der Waals surface area (Å²) in [7, 11) is 0. The zero-order chi connectivity index (χ0) is 13.9. The highest BCUT2D eigenvalue weighted by Gasteiger charge is 2.17. The van der Waals surface area contributed by atoms with Gasteiger partial charge in [0.15, 0.2) is 5.82 Å². The van der Waals surface area contributed by atoms with Gasteiger partial charge in [0, 0.05) is 23.1 Å². The molecule has 20 heavy (non-hydrogen) atoms. The second-order valence-corrected chi connectivity index (χ2v) is 5.95. The summed E-state index contributed by atoms with van der Waals surface area (Å²) in [5.74, 6) is 1.29. The van der Waals surface area contributed by atoms with Gasteiger partial charge in [-0.1, -0.05) is 34.1 Å². The van der Waals surface area contributed by atoms with Crippen molar-refractivity contribution in [1.82, 2.24) is 15.0 Å². The van der Waals surface area contributed by atoms with Gasteiger partial charge < -0.3 is 4.90 Å². The van der Waals surface area contributed by atoms with Crippen LogP contribution in [0.4, 0.5) is 5.95 Å². The first-order valence-corrected chi connectivity index (χ1v) is 7.82. The van der Waals surface area contributed by atoms with E-state index in [-0.39, 0.29) is 5.28 Å². The Hall–Kier alpha value is -1.20. The quantitative estimate of drug-likeness (QED) is 0.820. The minimum atomic E-state index is 0.242. The average Bonchev–Trinajstić information content (AvgIpc) is 2.48. The van der Waals surface area contributed by atoms with E-state index in [4.69, 9.17) is 11.6 Å². The molecule has 1 saturated heterocycles. The highest BCUT2D eigenvalue weighted by molar-refractivity contribution is 9.10. The summed E-state index contributed by atoms with van der Waals surface area (Å²) in [4.78, 5) is 15.3. The lowest BCUT2D eigenvalue weighted by Crippen LogP contribution is -2.31. The van der Waals surface area contributed by atoms with Gasteiger partial charge in [0.05, 0.1) is 0 Å². The zero-order valence-electron chi connectivity index (χ0n) is 10.9. The zero-order valence-corrected chi connectivity index (χ0v) is 13.2. The molecule has 0 amide bonds. The van der Waals surface area contributed by atoms with Crippen LogP contribution in [0.1, 0.15) is 19.3 Å². The standard InChI is InChI=1S/C14H14BrClN4/c15-11-7-3-2-6-10(11)12-17-13(16)19-14(18-12)20-8-4-1-5-9-20/h2-3,6-7H,1,4-5,8-9H2. The van der Waals surface area contributed by atoms with Gasteiger partial charge in [-0.05, 0) is 36.9 Å². The summed E-state index contributed by atoms with van der Waals surface area (Å²) >= 11 is 9.59. The molecule has 104 valence electrons. The van der Waals surface area contributed by atoms with E-state index in [1.165, 1.54) is 19.3 Å². The van der Waals surface area contributed by atoms with Crippen molar-refractivity contribution < 1.29 is 0 Å². The van der Waals surface area contributed by atoms with E-state index in [0.717, 1.165) is 23.1 Å². The van der Waals surface area contributed by atoms with Crippen molar-refractivity contribution >= 4 is 33.5 Å². The molecule has 6 heteroatoms. The first-order valence-electron chi connectivity index (χ1n) is 6.65. The molecule has 1 aromatic carbocycles. The number of nitrogens with zero attached hydrogens (tertiary/aromatic N) is 4. The maximum absolute atomic E-state index is 6.07. The second kappa shape index (κ2) is 6.06. The Bertz CT molecular complexity index is 614. The highest BCUT2D eigenvalue weighted by Crippen LogP contribution is 2.27. The van der Waals surface area contributed by atoms with Crippen LogP contribution in [0.15, 0.2) is 28.7 Å². The lowest BCUT2D eigenvalue weighted by atomic mass is 10.1. The molecule has 2 aromatic rings. The molecule has 2 heterocycles. The largest absolute Gasteiger partial charge is 0.341 e. The van der Waals surface area contributed by atoms with E-state index in [0.29, 0.717) is 11.8 Å². The molecule has 0 aliphatic carbocycles. The summed E-state index contributed by atoms with van der Waals surface area (Å²) in [5, 5.41) is 0.242. The third kappa shape index (κ3) is 2.94. The van der Waals surface area contributed by atoms with Gasteiger partial charge in [-0.25, -0.2) is 0 Å². The van der Waals surface area contributed by atoms with Gasteiger partial charge in [-0.15, -0.1) is 0 Å². The molecule has 0 atom stereocenters. The van der Waals surface area contributed by atoms with Crippen molar-refractivity contribution in [3.63, 3.8) is 0 Å². The molecule has 0 unspecified atom stereocenters. The SMILES string of the molecule is Clc1nc(-c2ccccc2Br)nc(N2CCCCC2)n1. The van der Waals surface area contributed by atoms with Crippen LogP contribution >= 0.6 is 27.5 Å². The minimum absolute atomic E-state index is 0.242. The topological polar surface area (TPSA) is 41.9 Å². The van der Waals surface area contributed by atoms with E-state index >= 15 is 0 Å². The van der Waals surface area contributed by atoms with Crippen LogP contribution in [-0.4, -0.2) is 28.0 Å². The molecular formula is C14H14BrClN4. The van der Waals surface area contributed by atoms with E-state index in [2.05, 4.69) is 35.8 Å². The van der Waals surface area contributed by atoms with Crippen LogP contribution in [0.2, 0.25) is 5.28 Å². The Balaban J connectivity index is 2.00. The Kier molecular flexibility index (Phi) is 4.17. The first kappa shape index (κ1) is 13.8. The molecule has 1 aliphatic rings. The normalized spacial score (nSPS) is 15.4. The van der Waals surface area contributed by atoms with Gasteiger partial charge in [-0.3, -0.25) is 0 Å². The van der Waals surface area contributed by atoms with E-state index in [9.17, 15) is 0 Å². The Morgan fingerprint density at radius 1 is 1.00 bits per heavy atom. The summed E-state index contributed by atoms with van der Waals surface area (Å²) in [6.07, 6.45) is 3.62. The number of hydrogen-bond acceptors (Lipinski definition) is 4. The van der Waals surface area contributed by atoms with Gasteiger partial charge in [0.25, 0.3) is 0 Å². The molecule has 1 aromatic heterocycles. The molecule has 0 spiro atoms. The molecule has 1 aliphatic heterocycles. The fraction of sp³-hybridized carbons (Fsp3) is 0.357. The maximum atomic E-state index is 6.07. The van der Waals surface area contributed by atoms with Gasteiger partial charge in [-0.2, -0.15) is 15.0 Å². The van der Waals surface area contributed by atoms with Crippen LogP contribution in [0.3, 0.4) is 0 Å². The number of benzene rings is 1. The molecule has 0 saturated carbocycles. The van der Waals surface area contributed by atoms with Crippen molar-refractivity contribution in [1.29, 1.82) is 0 Å². The lowest BCUT2D eigenvalue weighted by molar-refractivity contribution is 0.567. The summed E-state index contributed by atoms with van der Waals surface area (Å²) < 4.78 is 0.951. The average molecular weight is 354 g/mol. The molecular weight excluding hydrogens is 340 g/mol. The molecule has 1 fully saturated rings. The molecule has 4 nitrogen and oxygen atoms in total. The third-order valence-corrected chi connectivity index (χ3v) is 4.21. The summed E-state index contributed by atoms with van der Waals surface area (Å²) in [6.45, 7) is 1.96. The number of hydrogen-bond donors (Lipinski definition) is 0. The van der Waals surface area contributed by atoms with Gasteiger partial charge >= 0.3 is 0 Å². The third-order valence-electron chi connectivity index (χ3n) is 3.35. The fourth-order valence-electron chi connectivity index (χ4n) is 2.34. The van der Waals surface area contributed by atoms with Crippen molar-refractivity contribution in [2.24, 2.45) is 0 Å². The number of rotatable bonds is 2. The van der Waals surface area contributed by atoms with Crippen molar-refractivity contribution in [3.8, 4) is 11.4 Å². The number of halogens is 2. The Labute approximate surface area is 131 Å². The molecule has 0 N–H and O–H groups in total. The van der Waals surface area contributed by atoms with Crippen LogP contribution in [0, 0.1) is 0 Å². The van der Waals surface area contributed by atoms with Gasteiger partial charge in [0.1, 0.15) is 0 Å². The number of anilines is 1. The lowest BCUT2D eigenvalue weighted by Gasteiger charge is -2.26. The van der Waals surface area contributed by atoms with E-state index in [1.807, 2.05) is 24.3 Å². The van der Waals surface area contributed by atoms with Crippen molar-refractivity contribution in [3.05, 3.63) is 34.0 Å². The Morgan fingerprint density at radius 3 is 2.50 bits per heavy atom. The maximum Gasteiger partial charge on any atom is 0.230 e. The number of piperidine rings is 1. The van der Waals surface area contributed by atoms with Crippen LogP contribution in [-0.2, 0) is 0 Å². The monoisotopic (exact) mass is 352 g/mol. The van der Waals surface area contributed by atoms with Crippen LogP contribution < -0.4 is 4.90 Å². The van der Waals surface area contributed by atoms with Crippen LogP contribution in [0.5, 0.6) is 0 Å². The van der Waals surface area contributed by atoms with E-state index in [1.54, 1.807) is 0 Å². The van der Waals surface area contributed by atoms with Gasteiger partial charge in [0.2, 0.25) is 11.2 Å². The first-order chi connectivity index (χ1) is 9.74. The summed E-state index contributed by atoms with van der Waals surface area (Å²) in [5.41, 5.74) is 0.926. The van der Waals surface area contributed by atoms with Crippen molar-refractivity contribution in [2.75, 3.05) is 18.0 Å². The van der Waals surface area contributed by atoms with Crippen molar-refractivity contribution in [2.45, 2.75) is 19.3 Å². The minimum Gasteiger partial charge on any atom is -0.341 e.